The molecule has 1 heterocycles. The quantitative estimate of drug-likeness (QED) is 0.595. The summed E-state index contributed by atoms with van der Waals surface area (Å²) in [5, 5.41) is 0. The standard InChI is InChI=1S/C11H18N4/c1-3-15(4-2)11(12)14-9-10-6-5-7-13-8-10/h5-8H,3-4,9H2,1-2H3,(H2,12,14). The zero-order valence-electron chi connectivity index (χ0n) is 9.35. The van der Waals surface area contributed by atoms with Crippen LogP contribution in [0.2, 0.25) is 0 Å². The van der Waals surface area contributed by atoms with E-state index in [1.807, 2.05) is 17.0 Å². The number of aromatic nitrogens is 1. The van der Waals surface area contributed by atoms with E-state index in [0.717, 1.165) is 18.7 Å². The Bertz CT molecular complexity index is 304. The predicted octanol–water partition coefficient (Wildman–Crippen LogP) is 1.24. The molecular formula is C11H18N4. The third-order valence-corrected chi connectivity index (χ3v) is 2.23. The topological polar surface area (TPSA) is 54.5 Å². The van der Waals surface area contributed by atoms with E-state index in [4.69, 9.17) is 5.73 Å². The molecule has 1 aromatic rings. The van der Waals surface area contributed by atoms with Gasteiger partial charge in [-0.1, -0.05) is 6.07 Å². The molecule has 4 heteroatoms. The molecule has 0 aromatic carbocycles. The van der Waals surface area contributed by atoms with Crippen molar-refractivity contribution in [1.29, 1.82) is 0 Å². The molecule has 0 saturated heterocycles. The fourth-order valence-electron chi connectivity index (χ4n) is 1.31. The Morgan fingerprint density at radius 2 is 2.20 bits per heavy atom. The highest BCUT2D eigenvalue weighted by Crippen LogP contribution is 1.98. The van der Waals surface area contributed by atoms with E-state index in [1.165, 1.54) is 0 Å². The highest BCUT2D eigenvalue weighted by atomic mass is 15.2. The fraction of sp³-hybridized carbons (Fsp3) is 0.455. The molecule has 0 amide bonds. The summed E-state index contributed by atoms with van der Waals surface area (Å²) in [5.41, 5.74) is 6.92. The second-order valence-electron chi connectivity index (χ2n) is 3.21. The van der Waals surface area contributed by atoms with Crippen molar-refractivity contribution in [1.82, 2.24) is 9.88 Å². The van der Waals surface area contributed by atoms with Crippen molar-refractivity contribution in [3.05, 3.63) is 30.1 Å². The lowest BCUT2D eigenvalue weighted by Gasteiger charge is -2.19. The first-order valence-electron chi connectivity index (χ1n) is 5.21. The van der Waals surface area contributed by atoms with Crippen LogP contribution >= 0.6 is 0 Å². The second kappa shape index (κ2) is 6.01. The monoisotopic (exact) mass is 206 g/mol. The van der Waals surface area contributed by atoms with E-state index in [1.54, 1.807) is 12.4 Å². The lowest BCUT2D eigenvalue weighted by Crippen LogP contribution is -2.37. The van der Waals surface area contributed by atoms with Crippen LogP contribution in [-0.2, 0) is 6.54 Å². The molecule has 0 spiro atoms. The van der Waals surface area contributed by atoms with Crippen molar-refractivity contribution in [2.45, 2.75) is 20.4 Å². The van der Waals surface area contributed by atoms with Crippen LogP contribution in [0.1, 0.15) is 19.4 Å². The third-order valence-electron chi connectivity index (χ3n) is 2.23. The van der Waals surface area contributed by atoms with Gasteiger partial charge in [-0.15, -0.1) is 0 Å². The second-order valence-corrected chi connectivity index (χ2v) is 3.21. The predicted molar refractivity (Wildman–Crippen MR) is 62.5 cm³/mol. The molecule has 1 aromatic heterocycles. The Morgan fingerprint density at radius 3 is 2.73 bits per heavy atom. The first kappa shape index (κ1) is 11.5. The van der Waals surface area contributed by atoms with Crippen LogP contribution in [0.4, 0.5) is 0 Å². The highest BCUT2D eigenvalue weighted by Gasteiger charge is 2.01. The molecule has 0 aliphatic carbocycles. The van der Waals surface area contributed by atoms with Gasteiger partial charge in [0.1, 0.15) is 0 Å². The molecule has 0 radical (unpaired) electrons. The molecule has 1 rings (SSSR count). The Kier molecular flexibility index (Phi) is 4.60. The molecule has 0 atom stereocenters. The van der Waals surface area contributed by atoms with Gasteiger partial charge in [0.2, 0.25) is 0 Å². The maximum atomic E-state index is 5.84. The van der Waals surface area contributed by atoms with E-state index in [2.05, 4.69) is 23.8 Å². The summed E-state index contributed by atoms with van der Waals surface area (Å²) in [4.78, 5) is 10.4. The molecule has 2 N–H and O–H groups in total. The molecule has 4 nitrogen and oxygen atoms in total. The van der Waals surface area contributed by atoms with Crippen LogP contribution in [0.3, 0.4) is 0 Å². The summed E-state index contributed by atoms with van der Waals surface area (Å²) >= 11 is 0. The number of nitrogens with zero attached hydrogens (tertiary/aromatic N) is 3. The maximum absolute atomic E-state index is 5.84. The molecule has 0 bridgehead atoms. The molecular weight excluding hydrogens is 188 g/mol. The maximum Gasteiger partial charge on any atom is 0.191 e. The SMILES string of the molecule is CCN(CC)C(N)=NCc1cccnc1. The van der Waals surface area contributed by atoms with E-state index < -0.39 is 0 Å². The summed E-state index contributed by atoms with van der Waals surface area (Å²) in [6, 6.07) is 3.89. The van der Waals surface area contributed by atoms with Gasteiger partial charge in [-0.05, 0) is 25.5 Å². The van der Waals surface area contributed by atoms with Gasteiger partial charge >= 0.3 is 0 Å². The third kappa shape index (κ3) is 3.58. The van der Waals surface area contributed by atoms with Crippen molar-refractivity contribution < 1.29 is 0 Å². The summed E-state index contributed by atoms with van der Waals surface area (Å²) < 4.78 is 0. The van der Waals surface area contributed by atoms with Crippen molar-refractivity contribution in [2.24, 2.45) is 10.7 Å². The lowest BCUT2D eigenvalue weighted by molar-refractivity contribution is 0.458. The van der Waals surface area contributed by atoms with Crippen molar-refractivity contribution in [3.63, 3.8) is 0 Å². The lowest BCUT2D eigenvalue weighted by atomic mass is 10.3. The summed E-state index contributed by atoms with van der Waals surface area (Å²) in [6.45, 7) is 6.50. The number of hydrogen-bond donors (Lipinski definition) is 1. The van der Waals surface area contributed by atoms with E-state index >= 15 is 0 Å². The van der Waals surface area contributed by atoms with Crippen molar-refractivity contribution in [2.75, 3.05) is 13.1 Å². The molecule has 0 fully saturated rings. The van der Waals surface area contributed by atoms with Gasteiger partial charge < -0.3 is 10.6 Å². The molecule has 82 valence electrons. The van der Waals surface area contributed by atoms with Gasteiger partial charge in [-0.25, -0.2) is 4.99 Å². The number of rotatable bonds is 4. The number of pyridine rings is 1. The van der Waals surface area contributed by atoms with Crippen LogP contribution in [-0.4, -0.2) is 28.9 Å². The minimum absolute atomic E-state index is 0.593. The molecule has 0 unspecified atom stereocenters. The average molecular weight is 206 g/mol. The van der Waals surface area contributed by atoms with Crippen LogP contribution in [0.5, 0.6) is 0 Å². The van der Waals surface area contributed by atoms with E-state index in [-0.39, 0.29) is 0 Å². The fourth-order valence-corrected chi connectivity index (χ4v) is 1.31. The Morgan fingerprint density at radius 1 is 1.47 bits per heavy atom. The minimum atomic E-state index is 0.593. The largest absolute Gasteiger partial charge is 0.370 e. The van der Waals surface area contributed by atoms with Crippen LogP contribution in [0.15, 0.2) is 29.5 Å². The Balaban J connectivity index is 2.57. The van der Waals surface area contributed by atoms with E-state index in [0.29, 0.717) is 12.5 Å². The number of nitrogens with two attached hydrogens (primary N) is 1. The zero-order chi connectivity index (χ0) is 11.1. The normalized spacial score (nSPS) is 11.5. The molecule has 0 saturated carbocycles. The highest BCUT2D eigenvalue weighted by molar-refractivity contribution is 5.77. The van der Waals surface area contributed by atoms with Gasteiger partial charge in [0.05, 0.1) is 6.54 Å². The molecule has 0 aliphatic rings. The Labute approximate surface area is 90.8 Å². The zero-order valence-corrected chi connectivity index (χ0v) is 9.35. The molecule has 0 aliphatic heterocycles. The van der Waals surface area contributed by atoms with Crippen molar-refractivity contribution in [3.8, 4) is 0 Å². The van der Waals surface area contributed by atoms with Crippen LogP contribution in [0.25, 0.3) is 0 Å². The minimum Gasteiger partial charge on any atom is -0.370 e. The van der Waals surface area contributed by atoms with Gasteiger partial charge in [0.25, 0.3) is 0 Å². The smallest absolute Gasteiger partial charge is 0.191 e. The summed E-state index contributed by atoms with van der Waals surface area (Å²) in [5.74, 6) is 0.601. The number of guanidine groups is 1. The van der Waals surface area contributed by atoms with Crippen molar-refractivity contribution >= 4 is 5.96 Å². The Hall–Kier alpha value is -1.58. The summed E-state index contributed by atoms with van der Waals surface area (Å²) in [7, 11) is 0. The number of aliphatic imine (C=N–C) groups is 1. The molecule has 15 heavy (non-hydrogen) atoms. The van der Waals surface area contributed by atoms with Gasteiger partial charge in [0.15, 0.2) is 5.96 Å². The first-order chi connectivity index (χ1) is 7.27. The van der Waals surface area contributed by atoms with E-state index in [9.17, 15) is 0 Å². The van der Waals surface area contributed by atoms with Crippen LogP contribution < -0.4 is 5.73 Å². The van der Waals surface area contributed by atoms with Gasteiger partial charge in [0, 0.05) is 25.5 Å². The first-order valence-corrected chi connectivity index (χ1v) is 5.21. The van der Waals surface area contributed by atoms with Crippen LogP contribution in [0, 0.1) is 0 Å². The summed E-state index contributed by atoms with van der Waals surface area (Å²) in [6.07, 6.45) is 3.56. The van der Waals surface area contributed by atoms with Gasteiger partial charge in [-0.2, -0.15) is 0 Å². The van der Waals surface area contributed by atoms with Gasteiger partial charge in [-0.3, -0.25) is 4.98 Å². The number of hydrogen-bond acceptors (Lipinski definition) is 2. The average Bonchev–Trinajstić information content (AvgIpc) is 2.29.